The van der Waals surface area contributed by atoms with Gasteiger partial charge in [0.05, 0.1) is 18.2 Å². The Balaban J connectivity index is 1.52. The molecule has 0 aliphatic carbocycles. The summed E-state index contributed by atoms with van der Waals surface area (Å²) in [5, 5.41) is 5.33. The number of benzene rings is 2. The number of morpholine rings is 1. The van der Waals surface area contributed by atoms with E-state index in [4.69, 9.17) is 16.3 Å². The Morgan fingerprint density at radius 1 is 1.03 bits per heavy atom. The number of hydrogen-bond donors (Lipinski definition) is 2. The van der Waals surface area contributed by atoms with Crippen LogP contribution < -0.4 is 15.5 Å². The number of halogens is 2. The molecule has 1 fully saturated rings. The molecule has 30 heavy (non-hydrogen) atoms. The largest absolute Gasteiger partial charge is 0.378 e. The highest BCUT2D eigenvalue weighted by Gasteiger charge is 2.18. The first-order valence-corrected chi connectivity index (χ1v) is 9.75. The lowest BCUT2D eigenvalue weighted by Gasteiger charge is -2.28. The number of ether oxygens (including phenoxy) is 1. The van der Waals surface area contributed by atoms with Crippen LogP contribution in [0.4, 0.5) is 26.4 Å². The zero-order valence-electron chi connectivity index (χ0n) is 15.9. The number of carbonyl (C=O) groups excluding carboxylic acids is 1. The lowest BCUT2D eigenvalue weighted by atomic mass is 10.1. The van der Waals surface area contributed by atoms with E-state index in [-0.39, 0.29) is 5.02 Å². The normalized spacial score (nSPS) is 13.7. The fourth-order valence-corrected chi connectivity index (χ4v) is 3.33. The molecule has 7 nitrogen and oxygen atoms in total. The molecule has 0 bridgehead atoms. The Bertz CT molecular complexity index is 1060. The fraction of sp³-hybridized carbons (Fsp3) is 0.190. The maximum absolute atomic E-state index is 13.3. The van der Waals surface area contributed by atoms with E-state index in [1.165, 1.54) is 18.2 Å². The third-order valence-electron chi connectivity index (χ3n) is 4.56. The van der Waals surface area contributed by atoms with E-state index in [2.05, 4.69) is 25.5 Å². The number of rotatable bonds is 4. The third-order valence-corrected chi connectivity index (χ3v) is 4.85. The topological polar surface area (TPSA) is 79.4 Å². The molecular weight excluding hydrogens is 409 g/mol. The summed E-state index contributed by atoms with van der Waals surface area (Å²) in [6, 6.07) is 10.8. The van der Waals surface area contributed by atoms with Gasteiger partial charge >= 0.3 is 6.03 Å². The van der Waals surface area contributed by atoms with E-state index >= 15 is 0 Å². The number of amides is 2. The van der Waals surface area contributed by atoms with Crippen LogP contribution >= 0.6 is 11.6 Å². The van der Waals surface area contributed by atoms with Crippen LogP contribution in [0.5, 0.6) is 0 Å². The van der Waals surface area contributed by atoms with Gasteiger partial charge in [-0.25, -0.2) is 14.2 Å². The molecule has 1 saturated heterocycles. The molecule has 2 N–H and O–H groups in total. The van der Waals surface area contributed by atoms with Gasteiger partial charge in [0.1, 0.15) is 11.5 Å². The number of hydrogen-bond acceptors (Lipinski definition) is 5. The number of carbonyl (C=O) groups is 1. The van der Waals surface area contributed by atoms with Crippen molar-refractivity contribution >= 4 is 34.8 Å². The molecule has 0 radical (unpaired) electrons. The second-order valence-electron chi connectivity index (χ2n) is 6.62. The summed E-state index contributed by atoms with van der Waals surface area (Å²) in [7, 11) is 0. The van der Waals surface area contributed by atoms with Crippen LogP contribution in [0.15, 0.2) is 54.9 Å². The highest BCUT2D eigenvalue weighted by molar-refractivity contribution is 6.31. The van der Waals surface area contributed by atoms with Crippen LogP contribution in [-0.2, 0) is 4.74 Å². The van der Waals surface area contributed by atoms with Crippen molar-refractivity contribution in [2.45, 2.75) is 0 Å². The summed E-state index contributed by atoms with van der Waals surface area (Å²) in [6.07, 6.45) is 3.31. The first kappa shape index (κ1) is 20.1. The second-order valence-corrected chi connectivity index (χ2v) is 7.02. The van der Waals surface area contributed by atoms with E-state index in [1.807, 2.05) is 18.2 Å². The maximum Gasteiger partial charge on any atom is 0.323 e. The summed E-state index contributed by atoms with van der Waals surface area (Å²) in [4.78, 5) is 23.5. The lowest BCUT2D eigenvalue weighted by Crippen LogP contribution is -2.37. The van der Waals surface area contributed by atoms with Crippen molar-refractivity contribution in [3.63, 3.8) is 0 Å². The summed E-state index contributed by atoms with van der Waals surface area (Å²) in [6.45, 7) is 2.77. The predicted molar refractivity (Wildman–Crippen MR) is 115 cm³/mol. The Morgan fingerprint density at radius 2 is 1.77 bits per heavy atom. The van der Waals surface area contributed by atoms with Gasteiger partial charge in [0.25, 0.3) is 0 Å². The van der Waals surface area contributed by atoms with Crippen molar-refractivity contribution < 1.29 is 13.9 Å². The van der Waals surface area contributed by atoms with E-state index < -0.39 is 11.8 Å². The molecule has 2 aromatic carbocycles. The van der Waals surface area contributed by atoms with Crippen LogP contribution in [0, 0.1) is 5.82 Å². The summed E-state index contributed by atoms with van der Waals surface area (Å²) in [5.74, 6) is 0.235. The van der Waals surface area contributed by atoms with Crippen LogP contribution in [-0.4, -0.2) is 42.3 Å². The molecule has 4 rings (SSSR count). The number of nitrogens with one attached hydrogen (secondary N) is 2. The minimum absolute atomic E-state index is 0.0620. The summed E-state index contributed by atoms with van der Waals surface area (Å²) >= 11 is 5.75. The number of urea groups is 1. The molecule has 2 heterocycles. The van der Waals surface area contributed by atoms with Crippen molar-refractivity contribution in [3.8, 4) is 11.3 Å². The van der Waals surface area contributed by atoms with Gasteiger partial charge in [-0.3, -0.25) is 4.98 Å². The first-order chi connectivity index (χ1) is 14.6. The van der Waals surface area contributed by atoms with Crippen LogP contribution in [0.25, 0.3) is 11.3 Å². The van der Waals surface area contributed by atoms with Gasteiger partial charge in [0.15, 0.2) is 5.82 Å². The van der Waals surface area contributed by atoms with Crippen LogP contribution in [0.2, 0.25) is 5.02 Å². The molecule has 1 aliphatic heterocycles. The van der Waals surface area contributed by atoms with E-state index in [0.717, 1.165) is 30.2 Å². The molecule has 0 saturated carbocycles. The van der Waals surface area contributed by atoms with Gasteiger partial charge in [-0.15, -0.1) is 0 Å². The second kappa shape index (κ2) is 9.06. The minimum atomic E-state index is -0.546. The van der Waals surface area contributed by atoms with Crippen molar-refractivity contribution in [1.29, 1.82) is 0 Å². The van der Waals surface area contributed by atoms with Gasteiger partial charge in [-0.1, -0.05) is 23.7 Å². The average molecular weight is 428 g/mol. The highest BCUT2D eigenvalue weighted by Crippen LogP contribution is 2.29. The number of nitrogens with zero attached hydrogens (tertiary/aromatic N) is 3. The van der Waals surface area contributed by atoms with Crippen molar-refractivity contribution in [3.05, 3.63) is 65.7 Å². The van der Waals surface area contributed by atoms with Crippen molar-refractivity contribution in [2.75, 3.05) is 41.8 Å². The van der Waals surface area contributed by atoms with Gasteiger partial charge in [-0.05, 0) is 30.3 Å². The molecule has 1 aliphatic rings. The number of aromatic nitrogens is 2. The summed E-state index contributed by atoms with van der Waals surface area (Å²) < 4.78 is 18.7. The molecular formula is C21H19ClFN5O2. The molecule has 9 heteroatoms. The van der Waals surface area contributed by atoms with Crippen LogP contribution in [0.1, 0.15) is 0 Å². The first-order valence-electron chi connectivity index (χ1n) is 9.37. The molecule has 3 aromatic rings. The molecule has 0 spiro atoms. The SMILES string of the molecule is O=C(Nc1cccc(-c2nccnc2N2CCOCC2)c1)Nc1ccc(F)c(Cl)c1. The standard InChI is InChI=1S/C21H19ClFN5O2/c22-17-13-16(4-5-18(17)23)27-21(29)26-15-3-1-2-14(12-15)19-20(25-7-6-24-19)28-8-10-30-11-9-28/h1-7,12-13H,8-11H2,(H2,26,27,29). The van der Waals surface area contributed by atoms with Gasteiger partial charge in [-0.2, -0.15) is 0 Å². The Hall–Kier alpha value is -3.23. The van der Waals surface area contributed by atoms with E-state index in [0.29, 0.717) is 24.6 Å². The van der Waals surface area contributed by atoms with Gasteiger partial charge < -0.3 is 20.3 Å². The average Bonchev–Trinajstić information content (AvgIpc) is 2.77. The predicted octanol–water partition coefficient (Wildman–Crippen LogP) is 4.42. The quantitative estimate of drug-likeness (QED) is 0.644. The summed E-state index contributed by atoms with van der Waals surface area (Å²) in [5.41, 5.74) is 2.52. The molecule has 1 aromatic heterocycles. The van der Waals surface area contributed by atoms with Crippen LogP contribution in [0.3, 0.4) is 0 Å². The fourth-order valence-electron chi connectivity index (χ4n) is 3.15. The number of anilines is 3. The zero-order chi connectivity index (χ0) is 20.9. The molecule has 0 atom stereocenters. The van der Waals surface area contributed by atoms with Gasteiger partial charge in [0.2, 0.25) is 0 Å². The van der Waals surface area contributed by atoms with Gasteiger partial charge in [0, 0.05) is 42.4 Å². The van der Waals surface area contributed by atoms with E-state index in [9.17, 15) is 9.18 Å². The molecule has 154 valence electrons. The minimum Gasteiger partial charge on any atom is -0.378 e. The smallest absolute Gasteiger partial charge is 0.323 e. The Labute approximate surface area is 177 Å². The van der Waals surface area contributed by atoms with Crippen molar-refractivity contribution in [1.82, 2.24) is 9.97 Å². The third kappa shape index (κ3) is 4.67. The monoisotopic (exact) mass is 427 g/mol. The molecule has 2 amide bonds. The highest BCUT2D eigenvalue weighted by atomic mass is 35.5. The maximum atomic E-state index is 13.3. The van der Waals surface area contributed by atoms with E-state index in [1.54, 1.807) is 18.5 Å². The Kier molecular flexibility index (Phi) is 6.06. The zero-order valence-corrected chi connectivity index (χ0v) is 16.7. The Morgan fingerprint density at radius 3 is 2.53 bits per heavy atom. The molecule has 0 unspecified atom stereocenters. The lowest BCUT2D eigenvalue weighted by molar-refractivity contribution is 0.122. The van der Waals surface area contributed by atoms with Crippen molar-refractivity contribution in [2.24, 2.45) is 0 Å².